The molecular weight excluding hydrogens is 532 g/mol. The number of benzene rings is 1. The van der Waals surface area contributed by atoms with Gasteiger partial charge in [-0.15, -0.1) is 0 Å². The molecule has 39 heavy (non-hydrogen) atoms. The monoisotopic (exact) mass is 578 g/mol. The number of ketones is 1. The van der Waals surface area contributed by atoms with Crippen LogP contribution in [0.15, 0.2) is 24.3 Å². The number of hydrogen-bond acceptors (Lipinski definition) is 6. The zero-order valence-corrected chi connectivity index (χ0v) is 24.1. The maximum Gasteiger partial charge on any atom is 0.251 e. The number of fused-ring (bicyclic) bond motifs is 1. The van der Waals surface area contributed by atoms with E-state index >= 15 is 0 Å². The first kappa shape index (κ1) is 31.8. The van der Waals surface area contributed by atoms with E-state index in [2.05, 4.69) is 15.1 Å². The third-order valence-electron chi connectivity index (χ3n) is 8.94. The van der Waals surface area contributed by atoms with Crippen molar-refractivity contribution in [3.8, 4) is 0 Å². The second-order valence-electron chi connectivity index (χ2n) is 11.2. The highest BCUT2D eigenvalue weighted by atomic mass is 32.1. The summed E-state index contributed by atoms with van der Waals surface area (Å²) in [4.78, 5) is 46.1. The fourth-order valence-electron chi connectivity index (χ4n) is 6.70. The maximum absolute atomic E-state index is 13.7. The lowest BCUT2D eigenvalue weighted by atomic mass is 9.83. The number of nitrogens with one attached hydrogen (secondary N) is 1. The first-order chi connectivity index (χ1) is 17.6. The highest BCUT2D eigenvalue weighted by Crippen LogP contribution is 2.32. The van der Waals surface area contributed by atoms with E-state index in [0.29, 0.717) is 18.5 Å². The van der Waals surface area contributed by atoms with Gasteiger partial charge in [0, 0.05) is 50.0 Å². The molecule has 0 spiro atoms. The summed E-state index contributed by atoms with van der Waals surface area (Å²) in [5, 5.41) is 3.10. The van der Waals surface area contributed by atoms with Crippen LogP contribution in [0.25, 0.3) is 0 Å². The molecule has 8 nitrogen and oxygen atoms in total. The molecule has 5 fully saturated rings. The first-order valence-electron chi connectivity index (χ1n) is 13.9. The largest absolute Gasteiger partial charge is 0.369 e. The van der Waals surface area contributed by atoms with Gasteiger partial charge in [-0.25, -0.2) is 0 Å². The van der Waals surface area contributed by atoms with E-state index in [1.165, 1.54) is 19.3 Å². The zero-order chi connectivity index (χ0) is 24.6. The molecule has 0 unspecified atom stereocenters. The third-order valence-corrected chi connectivity index (χ3v) is 8.94. The Morgan fingerprint density at radius 3 is 2.18 bits per heavy atom. The normalized spacial score (nSPS) is 26.1. The van der Waals surface area contributed by atoms with Gasteiger partial charge in [0.25, 0.3) is 5.91 Å². The van der Waals surface area contributed by atoms with E-state index in [4.69, 9.17) is 4.74 Å². The van der Waals surface area contributed by atoms with Crippen LogP contribution < -0.4 is 10.2 Å². The summed E-state index contributed by atoms with van der Waals surface area (Å²) in [5.41, 5.74) is 1.72. The average Bonchev–Trinajstić information content (AvgIpc) is 3.59. The Balaban J connectivity index is 0.00000140. The molecule has 1 N–H and O–H groups in total. The number of hydrogen-bond donors (Lipinski definition) is 1. The van der Waals surface area contributed by atoms with Crippen molar-refractivity contribution in [2.24, 2.45) is 5.92 Å². The van der Waals surface area contributed by atoms with Crippen molar-refractivity contribution < 1.29 is 19.1 Å². The summed E-state index contributed by atoms with van der Waals surface area (Å²) in [6.45, 7) is 4.83. The van der Waals surface area contributed by atoms with E-state index in [1.807, 2.05) is 24.3 Å². The van der Waals surface area contributed by atoms with E-state index in [1.54, 1.807) is 4.90 Å². The van der Waals surface area contributed by atoms with Gasteiger partial charge in [0.15, 0.2) is 5.78 Å². The molecular formula is C29H46N4O4S2. The van der Waals surface area contributed by atoms with E-state index in [9.17, 15) is 14.4 Å². The number of likely N-dealkylation sites (tertiary alicyclic amines) is 1. The van der Waals surface area contributed by atoms with Gasteiger partial charge in [-0.1, -0.05) is 26.7 Å². The quantitative estimate of drug-likeness (QED) is 0.559. The lowest BCUT2D eigenvalue weighted by Crippen LogP contribution is -2.55. The van der Waals surface area contributed by atoms with Gasteiger partial charge in [-0.2, -0.15) is 27.0 Å². The fraction of sp³-hybridized carbons (Fsp3) is 0.690. The molecule has 1 aromatic carbocycles. The molecule has 5 aliphatic rings. The molecule has 3 heterocycles. The second-order valence-corrected chi connectivity index (χ2v) is 11.2. The van der Waals surface area contributed by atoms with Gasteiger partial charge < -0.3 is 19.9 Å². The molecule has 2 saturated carbocycles. The number of rotatable bonds is 6. The van der Waals surface area contributed by atoms with Crippen LogP contribution in [0, 0.1) is 5.92 Å². The number of carbonyl (C=O) groups is 3. The predicted molar refractivity (Wildman–Crippen MR) is 163 cm³/mol. The predicted octanol–water partition coefficient (Wildman–Crippen LogP) is 3.08. The minimum atomic E-state index is -0.597. The Bertz CT molecular complexity index is 992. The Morgan fingerprint density at radius 2 is 1.54 bits per heavy atom. The molecule has 6 rings (SSSR count). The highest BCUT2D eigenvalue weighted by Gasteiger charge is 2.49. The maximum atomic E-state index is 13.7. The lowest BCUT2D eigenvalue weighted by Gasteiger charge is -2.36. The number of Topliss-reactive ketones (excluding diaryl/α,β-unsaturated/α-hetero) is 1. The fourth-order valence-corrected chi connectivity index (χ4v) is 6.70. The smallest absolute Gasteiger partial charge is 0.251 e. The van der Waals surface area contributed by atoms with Crippen LogP contribution in [0.2, 0.25) is 0 Å². The zero-order valence-electron chi connectivity index (χ0n) is 22.1. The highest BCUT2D eigenvalue weighted by molar-refractivity contribution is 7.59. The van der Waals surface area contributed by atoms with Crippen LogP contribution in [0.3, 0.4) is 0 Å². The van der Waals surface area contributed by atoms with Crippen LogP contribution in [0.4, 0.5) is 5.69 Å². The number of piperazine rings is 1. The molecule has 1 aromatic rings. The topological polar surface area (TPSA) is 82.2 Å². The van der Waals surface area contributed by atoms with Gasteiger partial charge in [-0.3, -0.25) is 19.3 Å². The van der Waals surface area contributed by atoms with Crippen LogP contribution in [0.1, 0.15) is 69.2 Å². The Kier molecular flexibility index (Phi) is 11.2. The lowest BCUT2D eigenvalue weighted by molar-refractivity contribution is -0.139. The summed E-state index contributed by atoms with van der Waals surface area (Å²) in [6, 6.07) is 7.53. The summed E-state index contributed by atoms with van der Waals surface area (Å²) in [7, 11) is 0. The number of nitrogens with zero attached hydrogens (tertiary/aromatic N) is 3. The van der Waals surface area contributed by atoms with Crippen molar-refractivity contribution in [2.45, 2.75) is 83.0 Å². The Hall–Kier alpha value is -1.75. The number of amides is 2. The van der Waals surface area contributed by atoms with Gasteiger partial charge in [0.2, 0.25) is 5.91 Å². The van der Waals surface area contributed by atoms with Gasteiger partial charge >= 0.3 is 0 Å². The van der Waals surface area contributed by atoms with Crippen molar-refractivity contribution in [1.29, 1.82) is 0 Å². The molecule has 0 aromatic heterocycles. The Morgan fingerprint density at radius 1 is 0.872 bits per heavy atom. The van der Waals surface area contributed by atoms with Crippen LogP contribution in [-0.4, -0.2) is 91.0 Å². The van der Waals surface area contributed by atoms with Crippen LogP contribution in [0.5, 0.6) is 0 Å². The number of anilines is 1. The van der Waals surface area contributed by atoms with Crippen LogP contribution >= 0.6 is 27.0 Å². The third kappa shape index (κ3) is 6.77. The van der Waals surface area contributed by atoms with Crippen molar-refractivity contribution in [3.05, 3.63) is 29.8 Å². The summed E-state index contributed by atoms with van der Waals surface area (Å²) < 4.78 is 5.59. The van der Waals surface area contributed by atoms with E-state index in [-0.39, 0.29) is 70.6 Å². The minimum absolute atomic E-state index is 0. The van der Waals surface area contributed by atoms with Gasteiger partial charge in [0.1, 0.15) is 18.7 Å². The Labute approximate surface area is 247 Å². The van der Waals surface area contributed by atoms with E-state index < -0.39 is 12.1 Å². The molecule has 3 saturated heterocycles. The first-order valence-corrected chi connectivity index (χ1v) is 13.9. The molecule has 218 valence electrons. The number of ether oxygens (including phenoxy) is 1. The summed E-state index contributed by atoms with van der Waals surface area (Å²) >= 11 is 0. The van der Waals surface area contributed by atoms with Crippen LogP contribution in [-0.2, 0) is 14.3 Å². The summed E-state index contributed by atoms with van der Waals surface area (Å²) in [5.74, 6) is -0.248. The van der Waals surface area contributed by atoms with Crippen molar-refractivity contribution in [3.63, 3.8) is 0 Å². The molecule has 2 amide bonds. The molecule has 10 heteroatoms. The summed E-state index contributed by atoms with van der Waals surface area (Å²) in [6.07, 6.45) is 8.34. The number of carbonyl (C=O) groups excluding carboxylic acids is 3. The molecule has 3 atom stereocenters. The SMILES string of the molecule is C.O=C(N[C@H](C(=O)N1CC[C@H]2OCC(=O)[C@H]21)C1CCCCC1)c1ccc(N2CCN(C3CC3)CC2)cc1.S.S. The molecule has 3 aliphatic heterocycles. The van der Waals surface area contributed by atoms with Gasteiger partial charge in [-0.05, 0) is 62.3 Å². The van der Waals surface area contributed by atoms with E-state index in [0.717, 1.165) is 63.6 Å². The molecule has 0 bridgehead atoms. The second kappa shape index (κ2) is 13.7. The van der Waals surface area contributed by atoms with Crippen molar-refractivity contribution >= 4 is 50.3 Å². The van der Waals surface area contributed by atoms with Crippen molar-refractivity contribution in [2.75, 3.05) is 44.2 Å². The molecule has 0 radical (unpaired) electrons. The minimum Gasteiger partial charge on any atom is -0.369 e. The van der Waals surface area contributed by atoms with Crippen molar-refractivity contribution in [1.82, 2.24) is 15.1 Å². The molecule has 2 aliphatic carbocycles. The van der Waals surface area contributed by atoms with Gasteiger partial charge in [0.05, 0.1) is 6.10 Å². The standard InChI is InChI=1S/C28H38N4O4.CH4.2H2S/c33-23-18-36-24-12-13-32(26(23)24)28(35)25(19-4-2-1-3-5-19)29-27(34)20-6-8-21(9-7-20)30-14-16-31(17-15-30)22-10-11-22;;;/h6-9,19,22,24-26H,1-5,10-18H2,(H,29,34);1H4;2*1H2/t24-,25+,26-;;;/m1.../s1. The average molecular weight is 579 g/mol.